The van der Waals surface area contributed by atoms with Crippen LogP contribution in [0.25, 0.3) is 0 Å². The van der Waals surface area contributed by atoms with E-state index in [4.69, 9.17) is 5.73 Å². The molecule has 2 N–H and O–H groups in total. The standard InChI is InChI=1S/C12H20N2/c13-9-7-11-5-6-12(8-9)14(11)10-3-1-2-4-10/h1-2,9-12H,3-8,13H2. The van der Waals surface area contributed by atoms with Crippen LogP contribution in [-0.4, -0.2) is 29.1 Å². The topological polar surface area (TPSA) is 29.3 Å². The molecule has 2 bridgehead atoms. The van der Waals surface area contributed by atoms with Crippen molar-refractivity contribution in [3.63, 3.8) is 0 Å². The van der Waals surface area contributed by atoms with Gasteiger partial charge in [0.25, 0.3) is 0 Å². The summed E-state index contributed by atoms with van der Waals surface area (Å²) in [4.78, 5) is 2.80. The third-order valence-electron chi connectivity index (χ3n) is 4.23. The van der Waals surface area contributed by atoms with Crippen molar-refractivity contribution in [3.8, 4) is 0 Å². The molecule has 0 saturated carbocycles. The fraction of sp³-hybridized carbons (Fsp3) is 0.833. The molecule has 2 heterocycles. The number of fused-ring (bicyclic) bond motifs is 2. The molecule has 0 spiro atoms. The largest absolute Gasteiger partial charge is 0.328 e. The maximum Gasteiger partial charge on any atom is 0.0170 e. The van der Waals surface area contributed by atoms with Gasteiger partial charge in [-0.05, 0) is 38.5 Å². The van der Waals surface area contributed by atoms with E-state index >= 15 is 0 Å². The Labute approximate surface area is 86.1 Å². The minimum atomic E-state index is 0.484. The van der Waals surface area contributed by atoms with Crippen LogP contribution in [0.2, 0.25) is 0 Å². The monoisotopic (exact) mass is 192 g/mol. The van der Waals surface area contributed by atoms with Crippen molar-refractivity contribution in [2.24, 2.45) is 5.73 Å². The van der Waals surface area contributed by atoms with Gasteiger partial charge in [0.2, 0.25) is 0 Å². The number of nitrogens with two attached hydrogens (primary N) is 1. The molecule has 0 amide bonds. The van der Waals surface area contributed by atoms with Crippen LogP contribution in [0.1, 0.15) is 38.5 Å². The van der Waals surface area contributed by atoms with Crippen LogP contribution in [0, 0.1) is 0 Å². The highest BCUT2D eigenvalue weighted by molar-refractivity contribution is 5.06. The van der Waals surface area contributed by atoms with Crippen LogP contribution in [0.3, 0.4) is 0 Å². The molecule has 3 rings (SSSR count). The van der Waals surface area contributed by atoms with Crippen molar-refractivity contribution in [3.05, 3.63) is 12.2 Å². The highest BCUT2D eigenvalue weighted by atomic mass is 15.2. The Morgan fingerprint density at radius 2 is 1.50 bits per heavy atom. The maximum absolute atomic E-state index is 6.07. The van der Waals surface area contributed by atoms with E-state index in [9.17, 15) is 0 Å². The fourth-order valence-corrected chi connectivity index (χ4v) is 3.70. The second kappa shape index (κ2) is 3.35. The Morgan fingerprint density at radius 1 is 0.929 bits per heavy atom. The van der Waals surface area contributed by atoms with Gasteiger partial charge >= 0.3 is 0 Å². The van der Waals surface area contributed by atoms with E-state index < -0.39 is 0 Å². The quantitative estimate of drug-likeness (QED) is 0.640. The van der Waals surface area contributed by atoms with Gasteiger partial charge in [-0.2, -0.15) is 0 Å². The van der Waals surface area contributed by atoms with Crippen molar-refractivity contribution in [1.82, 2.24) is 4.90 Å². The van der Waals surface area contributed by atoms with E-state index in [1.54, 1.807) is 0 Å². The SMILES string of the molecule is NC1CC2CCC(C1)N2C1CC=CC1. The van der Waals surface area contributed by atoms with E-state index in [0.717, 1.165) is 18.1 Å². The zero-order chi connectivity index (χ0) is 9.54. The van der Waals surface area contributed by atoms with Gasteiger partial charge in [0.1, 0.15) is 0 Å². The van der Waals surface area contributed by atoms with Gasteiger partial charge in [0, 0.05) is 24.2 Å². The number of rotatable bonds is 1. The summed E-state index contributed by atoms with van der Waals surface area (Å²) in [7, 11) is 0. The van der Waals surface area contributed by atoms with Gasteiger partial charge in [0.15, 0.2) is 0 Å². The molecule has 1 aliphatic carbocycles. The first-order chi connectivity index (χ1) is 6.84. The molecule has 2 atom stereocenters. The molecule has 0 aromatic carbocycles. The van der Waals surface area contributed by atoms with Crippen molar-refractivity contribution >= 4 is 0 Å². The van der Waals surface area contributed by atoms with Crippen LogP contribution >= 0.6 is 0 Å². The van der Waals surface area contributed by atoms with Crippen LogP contribution in [0.15, 0.2) is 12.2 Å². The summed E-state index contributed by atoms with van der Waals surface area (Å²) in [6.07, 6.45) is 12.5. The Hall–Kier alpha value is -0.340. The van der Waals surface area contributed by atoms with Crippen molar-refractivity contribution in [2.45, 2.75) is 62.7 Å². The molecular weight excluding hydrogens is 172 g/mol. The number of nitrogens with zero attached hydrogens (tertiary/aromatic N) is 1. The number of hydrogen-bond donors (Lipinski definition) is 1. The molecule has 14 heavy (non-hydrogen) atoms. The lowest BCUT2D eigenvalue weighted by molar-refractivity contribution is 0.0828. The molecule has 2 unspecified atom stereocenters. The van der Waals surface area contributed by atoms with Gasteiger partial charge in [0.05, 0.1) is 0 Å². The van der Waals surface area contributed by atoms with Crippen molar-refractivity contribution in [1.29, 1.82) is 0 Å². The fourth-order valence-electron chi connectivity index (χ4n) is 3.70. The minimum Gasteiger partial charge on any atom is -0.328 e. The van der Waals surface area contributed by atoms with Gasteiger partial charge in [-0.25, -0.2) is 0 Å². The van der Waals surface area contributed by atoms with E-state index in [0.29, 0.717) is 6.04 Å². The summed E-state index contributed by atoms with van der Waals surface area (Å²) in [5, 5.41) is 0. The molecule has 2 heteroatoms. The van der Waals surface area contributed by atoms with E-state index in [2.05, 4.69) is 17.1 Å². The first-order valence-corrected chi connectivity index (χ1v) is 6.02. The van der Waals surface area contributed by atoms with Gasteiger partial charge in [-0.1, -0.05) is 12.2 Å². The minimum absolute atomic E-state index is 0.484. The molecular formula is C12H20N2. The third-order valence-corrected chi connectivity index (χ3v) is 4.23. The summed E-state index contributed by atoms with van der Waals surface area (Å²) < 4.78 is 0. The molecule has 0 aromatic rings. The van der Waals surface area contributed by atoms with Gasteiger partial charge in [-0.3, -0.25) is 4.90 Å². The summed E-state index contributed by atoms with van der Waals surface area (Å²) in [5.41, 5.74) is 6.07. The van der Waals surface area contributed by atoms with Crippen LogP contribution in [0.5, 0.6) is 0 Å². The summed E-state index contributed by atoms with van der Waals surface area (Å²) in [5.74, 6) is 0. The lowest BCUT2D eigenvalue weighted by Gasteiger charge is -2.41. The Kier molecular flexibility index (Phi) is 2.14. The van der Waals surface area contributed by atoms with E-state index in [1.807, 2.05) is 0 Å². The molecule has 3 aliphatic rings. The third kappa shape index (κ3) is 1.32. The van der Waals surface area contributed by atoms with Crippen LogP contribution < -0.4 is 5.73 Å². The first kappa shape index (κ1) is 8.93. The second-order valence-corrected chi connectivity index (χ2v) is 5.16. The molecule has 0 radical (unpaired) electrons. The molecule has 2 saturated heterocycles. The lowest BCUT2D eigenvalue weighted by Crippen LogP contribution is -2.51. The second-order valence-electron chi connectivity index (χ2n) is 5.16. The Bertz CT molecular complexity index is 227. The van der Waals surface area contributed by atoms with Crippen molar-refractivity contribution in [2.75, 3.05) is 0 Å². The molecule has 2 nitrogen and oxygen atoms in total. The number of piperidine rings is 1. The maximum atomic E-state index is 6.07. The zero-order valence-electron chi connectivity index (χ0n) is 8.73. The molecule has 2 fully saturated rings. The average molecular weight is 192 g/mol. The normalized spacial score (nSPS) is 43.6. The molecule has 2 aliphatic heterocycles. The van der Waals surface area contributed by atoms with Gasteiger partial charge < -0.3 is 5.73 Å². The predicted molar refractivity (Wildman–Crippen MR) is 58.0 cm³/mol. The van der Waals surface area contributed by atoms with Crippen LogP contribution in [0.4, 0.5) is 0 Å². The van der Waals surface area contributed by atoms with E-state index in [1.165, 1.54) is 38.5 Å². The summed E-state index contributed by atoms with van der Waals surface area (Å²) in [6, 6.07) is 2.93. The zero-order valence-corrected chi connectivity index (χ0v) is 8.73. The Morgan fingerprint density at radius 3 is 2.07 bits per heavy atom. The first-order valence-electron chi connectivity index (χ1n) is 6.02. The van der Waals surface area contributed by atoms with Crippen LogP contribution in [-0.2, 0) is 0 Å². The smallest absolute Gasteiger partial charge is 0.0170 e. The predicted octanol–water partition coefficient (Wildman–Crippen LogP) is 1.66. The lowest BCUT2D eigenvalue weighted by atomic mass is 9.95. The Balaban J connectivity index is 1.74. The highest BCUT2D eigenvalue weighted by Crippen LogP contribution is 2.39. The highest BCUT2D eigenvalue weighted by Gasteiger charge is 2.42. The van der Waals surface area contributed by atoms with E-state index in [-0.39, 0.29) is 0 Å². The van der Waals surface area contributed by atoms with Crippen molar-refractivity contribution < 1.29 is 0 Å². The molecule has 0 aromatic heterocycles. The summed E-state index contributed by atoms with van der Waals surface area (Å²) >= 11 is 0. The molecule has 78 valence electrons. The van der Waals surface area contributed by atoms with Gasteiger partial charge in [-0.15, -0.1) is 0 Å². The number of hydrogen-bond acceptors (Lipinski definition) is 2. The average Bonchev–Trinajstić information content (AvgIpc) is 2.72. The summed E-state index contributed by atoms with van der Waals surface area (Å²) in [6.45, 7) is 0.